The maximum Gasteiger partial charge on any atom is 0.348 e. The Kier molecular flexibility index (Phi) is 3.94. The fourth-order valence-electron chi connectivity index (χ4n) is 2.70. The van der Waals surface area contributed by atoms with Crippen molar-refractivity contribution in [2.24, 2.45) is 0 Å². The molecule has 1 aliphatic heterocycles. The zero-order valence-electron chi connectivity index (χ0n) is 13.5. The van der Waals surface area contributed by atoms with Gasteiger partial charge in [0, 0.05) is 24.4 Å². The molecule has 2 N–H and O–H groups in total. The number of nitrogens with one attached hydrogen (secondary N) is 2. The van der Waals surface area contributed by atoms with Crippen LogP contribution in [0.5, 0.6) is 0 Å². The van der Waals surface area contributed by atoms with E-state index in [1.807, 2.05) is 6.07 Å². The lowest BCUT2D eigenvalue weighted by molar-refractivity contribution is 0.101. The van der Waals surface area contributed by atoms with E-state index in [9.17, 15) is 9.59 Å². The molecule has 0 bridgehead atoms. The zero-order valence-corrected chi connectivity index (χ0v) is 14.3. The Labute approximate surface area is 147 Å². The summed E-state index contributed by atoms with van der Waals surface area (Å²) in [4.78, 5) is 34.8. The second kappa shape index (κ2) is 6.26. The van der Waals surface area contributed by atoms with Gasteiger partial charge in [0.2, 0.25) is 5.82 Å². The molecule has 3 heterocycles. The van der Waals surface area contributed by atoms with Gasteiger partial charge in [0.05, 0.1) is 11.4 Å². The average molecular weight is 356 g/mol. The molecular weight excluding hydrogens is 340 g/mol. The Morgan fingerprint density at radius 2 is 2.12 bits per heavy atom. The van der Waals surface area contributed by atoms with Crippen LogP contribution in [0.15, 0.2) is 35.1 Å². The van der Waals surface area contributed by atoms with Gasteiger partial charge >= 0.3 is 5.69 Å². The second-order valence-electron chi connectivity index (χ2n) is 5.86. The van der Waals surface area contributed by atoms with Crippen molar-refractivity contribution < 1.29 is 4.79 Å². The van der Waals surface area contributed by atoms with Crippen LogP contribution in [0, 0.1) is 0 Å². The Morgan fingerprint density at radius 3 is 2.92 bits per heavy atom. The van der Waals surface area contributed by atoms with Crippen molar-refractivity contribution in [1.82, 2.24) is 24.6 Å². The molecule has 0 spiro atoms. The SMILES string of the molecule is CN1CCc2nc(NC(=O)c3nn(-c4ccccc4)c(=O)[nH]3)sc2C1. The number of amides is 1. The lowest BCUT2D eigenvalue weighted by atomic mass is 10.2. The molecule has 4 rings (SSSR count). The first-order valence-electron chi connectivity index (χ1n) is 7.83. The van der Waals surface area contributed by atoms with Crippen LogP contribution in [0.4, 0.5) is 5.13 Å². The lowest BCUT2D eigenvalue weighted by Gasteiger charge is -2.20. The van der Waals surface area contributed by atoms with E-state index in [4.69, 9.17) is 0 Å². The number of hydrogen-bond donors (Lipinski definition) is 2. The maximum atomic E-state index is 12.4. The number of aromatic nitrogens is 4. The minimum absolute atomic E-state index is 0.0425. The molecule has 9 heteroatoms. The number of para-hydroxylation sites is 1. The predicted octanol–water partition coefficient (Wildman–Crippen LogP) is 1.26. The quantitative estimate of drug-likeness (QED) is 0.736. The second-order valence-corrected chi connectivity index (χ2v) is 6.94. The number of H-pyrrole nitrogens is 1. The molecule has 1 aromatic carbocycles. The van der Waals surface area contributed by atoms with Crippen LogP contribution in [0.2, 0.25) is 0 Å². The van der Waals surface area contributed by atoms with Crippen LogP contribution in [0.25, 0.3) is 5.69 Å². The molecule has 0 fully saturated rings. The summed E-state index contributed by atoms with van der Waals surface area (Å²) < 4.78 is 1.16. The van der Waals surface area contributed by atoms with Gasteiger partial charge in [-0.25, -0.2) is 9.78 Å². The highest BCUT2D eigenvalue weighted by Gasteiger charge is 2.21. The van der Waals surface area contributed by atoms with Gasteiger partial charge in [-0.1, -0.05) is 18.2 Å². The molecule has 0 unspecified atom stereocenters. The normalized spacial score (nSPS) is 14.3. The van der Waals surface area contributed by atoms with Gasteiger partial charge < -0.3 is 4.90 Å². The Morgan fingerprint density at radius 1 is 1.32 bits per heavy atom. The van der Waals surface area contributed by atoms with Crippen molar-refractivity contribution in [2.75, 3.05) is 18.9 Å². The monoisotopic (exact) mass is 356 g/mol. The van der Waals surface area contributed by atoms with E-state index in [-0.39, 0.29) is 5.82 Å². The molecule has 8 nitrogen and oxygen atoms in total. The zero-order chi connectivity index (χ0) is 17.4. The number of rotatable bonds is 3. The van der Waals surface area contributed by atoms with E-state index < -0.39 is 11.6 Å². The summed E-state index contributed by atoms with van der Waals surface area (Å²) >= 11 is 1.46. The number of anilines is 1. The van der Waals surface area contributed by atoms with Crippen LogP contribution in [0.1, 0.15) is 21.2 Å². The number of hydrogen-bond acceptors (Lipinski definition) is 6. The Hall–Kier alpha value is -2.78. The van der Waals surface area contributed by atoms with Crippen LogP contribution in [0.3, 0.4) is 0 Å². The first kappa shape index (κ1) is 15.7. The lowest BCUT2D eigenvalue weighted by Crippen LogP contribution is -2.25. The highest BCUT2D eigenvalue weighted by atomic mass is 32.1. The third-order valence-corrected chi connectivity index (χ3v) is 4.97. The average Bonchev–Trinajstić information content (AvgIpc) is 3.18. The Bertz CT molecular complexity index is 974. The van der Waals surface area contributed by atoms with Crippen molar-refractivity contribution in [2.45, 2.75) is 13.0 Å². The van der Waals surface area contributed by atoms with Crippen molar-refractivity contribution in [3.8, 4) is 5.69 Å². The van der Waals surface area contributed by atoms with Crippen LogP contribution in [-0.2, 0) is 13.0 Å². The van der Waals surface area contributed by atoms with Crippen LogP contribution in [-0.4, -0.2) is 44.1 Å². The minimum atomic E-state index is -0.480. The number of aromatic amines is 1. The van der Waals surface area contributed by atoms with Gasteiger partial charge in [0.1, 0.15) is 0 Å². The summed E-state index contributed by atoms with van der Waals surface area (Å²) in [7, 11) is 2.06. The molecule has 3 aromatic rings. The van der Waals surface area contributed by atoms with Gasteiger partial charge in [0.25, 0.3) is 5.91 Å². The number of thiazole rings is 1. The van der Waals surface area contributed by atoms with Gasteiger partial charge in [-0.05, 0) is 19.2 Å². The summed E-state index contributed by atoms with van der Waals surface area (Å²) in [5, 5.41) is 7.33. The number of nitrogens with zero attached hydrogens (tertiary/aromatic N) is 4. The van der Waals surface area contributed by atoms with Crippen molar-refractivity contribution >= 4 is 22.4 Å². The third kappa shape index (κ3) is 3.11. The van der Waals surface area contributed by atoms with Crippen LogP contribution < -0.4 is 11.0 Å². The molecule has 2 aromatic heterocycles. The highest BCUT2D eigenvalue weighted by molar-refractivity contribution is 7.15. The number of carbonyl (C=O) groups excluding carboxylic acids is 1. The van der Waals surface area contributed by atoms with E-state index in [1.165, 1.54) is 11.3 Å². The van der Waals surface area contributed by atoms with E-state index in [2.05, 4.69) is 32.3 Å². The van der Waals surface area contributed by atoms with Crippen LogP contribution >= 0.6 is 11.3 Å². The molecule has 0 saturated carbocycles. The van der Waals surface area contributed by atoms with Gasteiger partial charge in [-0.15, -0.1) is 16.4 Å². The summed E-state index contributed by atoms with van der Waals surface area (Å²) in [5.41, 5.74) is 1.16. The molecule has 1 amide bonds. The largest absolute Gasteiger partial charge is 0.348 e. The highest BCUT2D eigenvalue weighted by Crippen LogP contribution is 2.27. The van der Waals surface area contributed by atoms with Crippen molar-refractivity contribution in [3.63, 3.8) is 0 Å². The smallest absolute Gasteiger partial charge is 0.301 e. The van der Waals surface area contributed by atoms with Crippen molar-refractivity contribution in [1.29, 1.82) is 0 Å². The fourth-order valence-corrected chi connectivity index (χ4v) is 3.79. The summed E-state index contributed by atoms with van der Waals surface area (Å²) in [5.74, 6) is -0.523. The van der Waals surface area contributed by atoms with Gasteiger partial charge in [0.15, 0.2) is 5.13 Å². The molecular formula is C16H16N6O2S. The third-order valence-electron chi connectivity index (χ3n) is 3.98. The standard InChI is InChI=1S/C16H16N6O2S/c1-21-8-7-11-12(9-21)25-15(17-11)19-14(23)13-18-16(24)22(20-13)10-5-3-2-4-6-10/h2-6H,7-9H2,1H3,(H,17,19,23)(H,18,20,24). The molecule has 0 saturated heterocycles. The summed E-state index contributed by atoms with van der Waals surface area (Å²) in [6, 6.07) is 8.93. The van der Waals surface area contributed by atoms with E-state index in [1.54, 1.807) is 24.3 Å². The molecule has 1 aliphatic rings. The maximum absolute atomic E-state index is 12.4. The fraction of sp³-hybridized carbons (Fsp3) is 0.250. The summed E-state index contributed by atoms with van der Waals surface area (Å²) in [6.45, 7) is 1.79. The predicted molar refractivity (Wildman–Crippen MR) is 94.3 cm³/mol. The topological polar surface area (TPSA) is 95.9 Å². The number of fused-ring (bicyclic) bond motifs is 1. The molecule has 0 aliphatic carbocycles. The first-order valence-corrected chi connectivity index (χ1v) is 8.65. The Balaban J connectivity index is 1.55. The molecule has 128 valence electrons. The first-order chi connectivity index (χ1) is 12.1. The van der Waals surface area contributed by atoms with E-state index in [0.29, 0.717) is 10.8 Å². The number of likely N-dealkylation sites (N-methyl/N-ethyl adjacent to an activating group) is 1. The van der Waals surface area contributed by atoms with Gasteiger partial charge in [-0.2, -0.15) is 4.68 Å². The molecule has 0 radical (unpaired) electrons. The molecule has 0 atom stereocenters. The molecule has 25 heavy (non-hydrogen) atoms. The number of carbonyl (C=O) groups is 1. The van der Waals surface area contributed by atoms with Crippen molar-refractivity contribution in [3.05, 3.63) is 57.2 Å². The summed E-state index contributed by atoms with van der Waals surface area (Å²) in [6.07, 6.45) is 0.873. The minimum Gasteiger partial charge on any atom is -0.301 e. The van der Waals surface area contributed by atoms with E-state index in [0.717, 1.165) is 34.8 Å². The van der Waals surface area contributed by atoms with Gasteiger partial charge in [-0.3, -0.25) is 15.1 Å². The van der Waals surface area contributed by atoms with E-state index >= 15 is 0 Å². The number of benzene rings is 1.